The Morgan fingerprint density at radius 2 is 1.08 bits per heavy atom. The molecule has 4 aromatic rings. The van der Waals surface area contributed by atoms with Gasteiger partial charge in [-0.05, 0) is 47.7 Å². The number of primary amides is 1. The van der Waals surface area contributed by atoms with Gasteiger partial charge in [0.05, 0.1) is 32.6 Å². The lowest BCUT2D eigenvalue weighted by Crippen LogP contribution is -2.55. The maximum absolute atomic E-state index is 13.5. The van der Waals surface area contributed by atoms with Crippen LogP contribution in [0.25, 0.3) is 10.9 Å². The molecule has 0 saturated carbocycles. The summed E-state index contributed by atoms with van der Waals surface area (Å²) in [5.74, 6) is -9.84. The zero-order valence-corrected chi connectivity index (χ0v) is 40.5. The number of para-hydroxylation sites is 1. The van der Waals surface area contributed by atoms with Gasteiger partial charge in [0.2, 0.25) is 47.3 Å². The molecule has 23 nitrogen and oxygen atoms in total. The third-order valence-electron chi connectivity index (χ3n) is 10.3. The van der Waals surface area contributed by atoms with Gasteiger partial charge in [0.1, 0.15) is 29.9 Å². The number of aryl methyl sites for hydroxylation is 1. The van der Waals surface area contributed by atoms with Crippen molar-refractivity contribution in [3.8, 4) is 5.75 Å². The molecule has 23 heteroatoms. The molecule has 0 fully saturated rings. The number of carbonyl (C=O) groups excluding carboxylic acids is 8. The number of aromatic nitrogens is 1. The van der Waals surface area contributed by atoms with Crippen LogP contribution >= 0.6 is 0 Å². The van der Waals surface area contributed by atoms with Crippen LogP contribution in [0.3, 0.4) is 0 Å². The molecule has 1 aromatic heterocycles. The van der Waals surface area contributed by atoms with E-state index in [2.05, 4.69) is 87.2 Å². The van der Waals surface area contributed by atoms with Crippen LogP contribution in [0.15, 0.2) is 85.1 Å². The fraction of sp³-hybridized carbons (Fsp3) is 0.388. The zero-order valence-electron chi connectivity index (χ0n) is 40.5. The SMILES string of the molecule is CCCC.CCc1ccccc1.NC(=O)CNC(=O)[C@H](CC(=O)O)NC(=O)CNC(=O)[C@H](Cc1c[nH]c2ccccc12)NC(=O)CNC(=O)[C@H](Cc1ccc(O)cc1)NC(=O)CNC(=O)CC[C@@H](N)C(=O)O. The highest BCUT2D eigenvalue weighted by molar-refractivity contribution is 5.96. The summed E-state index contributed by atoms with van der Waals surface area (Å²) in [4.78, 5) is 126. The maximum atomic E-state index is 13.5. The fourth-order valence-electron chi connectivity index (χ4n) is 6.20. The van der Waals surface area contributed by atoms with Crippen molar-refractivity contribution in [3.05, 3.63) is 102 Å². The number of amides is 8. The fourth-order valence-corrected chi connectivity index (χ4v) is 6.20. The molecule has 0 spiro atoms. The number of aromatic amines is 1. The molecule has 15 N–H and O–H groups in total. The molecule has 3 aromatic carbocycles. The van der Waals surface area contributed by atoms with Gasteiger partial charge in [0.15, 0.2) is 0 Å². The number of rotatable bonds is 26. The first kappa shape index (κ1) is 59.8. The Labute approximate surface area is 416 Å². The van der Waals surface area contributed by atoms with Crippen LogP contribution in [0.5, 0.6) is 5.75 Å². The average Bonchev–Trinajstić information content (AvgIpc) is 3.77. The number of nitrogens with two attached hydrogens (primary N) is 2. The van der Waals surface area contributed by atoms with Crippen LogP contribution in [0.2, 0.25) is 0 Å². The Bertz CT molecular complexity index is 2430. The second-order valence-electron chi connectivity index (χ2n) is 16.1. The summed E-state index contributed by atoms with van der Waals surface area (Å²) in [5.41, 5.74) is 13.6. The number of unbranched alkanes of at least 4 members (excludes halogenated alkanes) is 1. The molecule has 72 heavy (non-hydrogen) atoms. The number of carboxylic acids is 2. The lowest BCUT2D eigenvalue weighted by molar-refractivity contribution is -0.141. The molecular weight excluding hydrogens is 937 g/mol. The third kappa shape index (κ3) is 23.8. The van der Waals surface area contributed by atoms with E-state index in [9.17, 15) is 58.2 Å². The van der Waals surface area contributed by atoms with E-state index in [1.807, 2.05) is 6.07 Å². The summed E-state index contributed by atoms with van der Waals surface area (Å²) in [6.07, 6.45) is 3.79. The van der Waals surface area contributed by atoms with E-state index in [1.54, 1.807) is 30.5 Å². The standard InChI is InChI=1S/C37H46N10O13.C8H10.C4H10/c38-23(37(59)60)9-10-29(50)41-16-30(51)45-25(11-19-5-7-21(48)8-6-19)34(56)43-17-31(52)46-26(12-20-14-40-24-4-2-1-3-22(20)24)35(57)44-18-32(53)47-27(13-33(54)55)36(58)42-15-28(39)49;1-2-8-6-4-3-5-7-8;1-3-4-2/h1-8,14,23,25-27,40,48H,9-13,15-18,38H2,(H2,39,49)(H,41,50)(H,42,58)(H,43,56)(H,44,57)(H,45,51)(H,46,52)(H,47,53)(H,54,55)(H,59,60);3-7H,2H2,1H3;3-4H2,1-2H3/t23-,25+,26+,27+;;/m1../s1. The Hall–Kier alpha value is -8.34. The van der Waals surface area contributed by atoms with Crippen molar-refractivity contribution in [3.63, 3.8) is 0 Å². The van der Waals surface area contributed by atoms with E-state index < -0.39 is 116 Å². The van der Waals surface area contributed by atoms with Crippen LogP contribution in [-0.4, -0.2) is 130 Å². The molecular formula is C49H66N10O13. The van der Waals surface area contributed by atoms with E-state index in [4.69, 9.17) is 16.6 Å². The van der Waals surface area contributed by atoms with E-state index in [0.29, 0.717) is 22.0 Å². The second-order valence-corrected chi connectivity index (χ2v) is 16.1. The molecule has 0 aliphatic heterocycles. The second kappa shape index (κ2) is 32.5. The van der Waals surface area contributed by atoms with Gasteiger partial charge in [-0.25, -0.2) is 0 Å². The number of carboxylic acid groups (broad SMARTS) is 2. The van der Waals surface area contributed by atoms with Crippen molar-refractivity contribution < 1.29 is 63.3 Å². The first-order valence-electron chi connectivity index (χ1n) is 23.1. The predicted molar refractivity (Wildman–Crippen MR) is 264 cm³/mol. The van der Waals surface area contributed by atoms with E-state index in [0.717, 1.165) is 6.42 Å². The number of phenols is 1. The predicted octanol–water partition coefficient (Wildman–Crippen LogP) is -0.215. The lowest BCUT2D eigenvalue weighted by atomic mass is 10.0. The molecule has 0 aliphatic rings. The lowest BCUT2D eigenvalue weighted by Gasteiger charge is -2.21. The van der Waals surface area contributed by atoms with Gasteiger partial charge >= 0.3 is 11.9 Å². The molecule has 0 unspecified atom stereocenters. The monoisotopic (exact) mass is 1000 g/mol. The number of aliphatic carboxylic acids is 2. The normalized spacial score (nSPS) is 12.0. The minimum atomic E-state index is -1.63. The number of phenolic OH excluding ortho intramolecular Hbond substituents is 1. The van der Waals surface area contributed by atoms with Gasteiger partial charge in [-0.1, -0.05) is 94.3 Å². The third-order valence-corrected chi connectivity index (χ3v) is 10.3. The number of nitrogens with one attached hydrogen (secondary N) is 8. The van der Waals surface area contributed by atoms with Crippen LogP contribution < -0.4 is 48.7 Å². The first-order valence-corrected chi connectivity index (χ1v) is 23.1. The summed E-state index contributed by atoms with van der Waals surface area (Å²) >= 11 is 0. The van der Waals surface area contributed by atoms with E-state index in [-0.39, 0.29) is 31.4 Å². The number of hydrogen-bond donors (Lipinski definition) is 13. The molecule has 0 saturated heterocycles. The van der Waals surface area contributed by atoms with Crippen LogP contribution in [0.1, 0.15) is 69.6 Å². The highest BCUT2D eigenvalue weighted by Crippen LogP contribution is 2.19. The Balaban J connectivity index is 0.00000130. The minimum absolute atomic E-state index is 0.0653. The highest BCUT2D eigenvalue weighted by atomic mass is 16.4. The summed E-state index contributed by atoms with van der Waals surface area (Å²) in [6.45, 7) is 3.82. The number of H-pyrrole nitrogens is 1. The van der Waals surface area contributed by atoms with Crippen LogP contribution in [-0.2, 0) is 67.2 Å². The Morgan fingerprint density at radius 3 is 1.60 bits per heavy atom. The molecule has 4 atom stereocenters. The Kier molecular flexibility index (Phi) is 27.0. The van der Waals surface area contributed by atoms with Gasteiger partial charge in [-0.15, -0.1) is 0 Å². The van der Waals surface area contributed by atoms with Gasteiger partial charge in [-0.2, -0.15) is 0 Å². The molecule has 1 heterocycles. The van der Waals surface area contributed by atoms with Crippen LogP contribution in [0, 0.1) is 0 Å². The summed E-state index contributed by atoms with van der Waals surface area (Å²) in [6, 6.07) is 17.6. The van der Waals surface area contributed by atoms with E-state index >= 15 is 0 Å². The van der Waals surface area contributed by atoms with Crippen molar-refractivity contribution in [1.29, 1.82) is 0 Å². The number of carbonyl (C=O) groups is 10. The van der Waals surface area contributed by atoms with Crippen LogP contribution in [0.4, 0.5) is 0 Å². The average molecular weight is 1000 g/mol. The van der Waals surface area contributed by atoms with Gasteiger partial charge in [-0.3, -0.25) is 47.9 Å². The van der Waals surface area contributed by atoms with Crippen molar-refractivity contribution in [1.82, 2.24) is 42.2 Å². The zero-order chi connectivity index (χ0) is 53.6. The largest absolute Gasteiger partial charge is 0.508 e. The number of benzene rings is 3. The van der Waals surface area contributed by atoms with Crippen molar-refractivity contribution in [2.24, 2.45) is 11.5 Å². The molecule has 0 aliphatic carbocycles. The summed E-state index contributed by atoms with van der Waals surface area (Å²) in [5, 5.41) is 44.7. The Morgan fingerprint density at radius 1 is 0.583 bits per heavy atom. The molecule has 8 amide bonds. The summed E-state index contributed by atoms with van der Waals surface area (Å²) in [7, 11) is 0. The molecule has 4 rings (SSSR count). The smallest absolute Gasteiger partial charge is 0.320 e. The minimum Gasteiger partial charge on any atom is -0.508 e. The summed E-state index contributed by atoms with van der Waals surface area (Å²) < 4.78 is 0. The van der Waals surface area contributed by atoms with Gasteiger partial charge in [0, 0.05) is 36.4 Å². The highest BCUT2D eigenvalue weighted by Gasteiger charge is 2.28. The van der Waals surface area contributed by atoms with E-state index in [1.165, 1.54) is 42.7 Å². The molecule has 0 bridgehead atoms. The van der Waals surface area contributed by atoms with Crippen molar-refractivity contribution >= 4 is 70.1 Å². The molecule has 390 valence electrons. The number of aromatic hydroxyl groups is 1. The topological polar surface area (TPSA) is 383 Å². The number of fused-ring (bicyclic) bond motifs is 1. The van der Waals surface area contributed by atoms with Gasteiger partial charge in [0.25, 0.3) is 0 Å². The quantitative estimate of drug-likeness (QED) is 0.0387. The van der Waals surface area contributed by atoms with Gasteiger partial charge < -0.3 is 69.0 Å². The van der Waals surface area contributed by atoms with Crippen molar-refractivity contribution in [2.45, 2.75) is 96.3 Å². The molecule has 0 radical (unpaired) electrons. The van der Waals surface area contributed by atoms with Crippen molar-refractivity contribution in [2.75, 3.05) is 26.2 Å². The first-order chi connectivity index (χ1) is 34.3. The maximum Gasteiger partial charge on any atom is 0.320 e. The number of hydrogen-bond acceptors (Lipinski definition) is 12.